The Morgan fingerprint density at radius 1 is 1.00 bits per heavy atom. The van der Waals surface area contributed by atoms with Crippen LogP contribution in [-0.2, 0) is 6.42 Å². The minimum atomic E-state index is -0.158. The average Bonchev–Trinajstić information content (AvgIpc) is 3.48. The number of hydrogen-bond acceptors (Lipinski definition) is 6. The van der Waals surface area contributed by atoms with Crippen LogP contribution in [0.1, 0.15) is 40.4 Å². The number of hydrogen-bond donors (Lipinski definition) is 1. The molecular formula is C25H33N3O4. The Morgan fingerprint density at radius 2 is 1.69 bits per heavy atom. The lowest BCUT2D eigenvalue weighted by Crippen LogP contribution is -2.36. The van der Waals surface area contributed by atoms with Gasteiger partial charge in [0.05, 0.1) is 27.4 Å². The van der Waals surface area contributed by atoms with Gasteiger partial charge in [-0.3, -0.25) is 9.69 Å². The SMILES string of the molecule is COc1cc(C(=O)NCC(c2ccc3c(c2)CCN3C)N2CCCC2)cc(OC)c1OC. The molecule has 0 bridgehead atoms. The minimum absolute atomic E-state index is 0.152. The highest BCUT2D eigenvalue weighted by molar-refractivity contribution is 5.95. The number of ether oxygens (including phenoxy) is 3. The number of nitrogens with one attached hydrogen (secondary N) is 1. The number of carbonyl (C=O) groups is 1. The molecule has 0 saturated carbocycles. The molecule has 0 aromatic heterocycles. The lowest BCUT2D eigenvalue weighted by Gasteiger charge is -2.29. The number of likely N-dealkylation sites (tertiary alicyclic amines) is 1. The van der Waals surface area contributed by atoms with Gasteiger partial charge in [-0.1, -0.05) is 12.1 Å². The summed E-state index contributed by atoms with van der Waals surface area (Å²) in [6, 6.07) is 10.3. The van der Waals surface area contributed by atoms with Crippen LogP contribution in [0.15, 0.2) is 30.3 Å². The molecule has 0 radical (unpaired) electrons. The standard InChI is InChI=1S/C25H33N3O4/c1-27-12-9-18-13-17(7-8-20(18)27)21(28-10-5-6-11-28)16-26-25(29)19-14-22(30-2)24(32-4)23(15-19)31-3/h7-8,13-15,21H,5-6,9-12,16H2,1-4H3,(H,26,29). The van der Waals surface area contributed by atoms with Gasteiger partial charge in [0, 0.05) is 31.4 Å². The van der Waals surface area contributed by atoms with Crippen LogP contribution < -0.4 is 24.4 Å². The zero-order valence-corrected chi connectivity index (χ0v) is 19.4. The Bertz CT molecular complexity index is 947. The number of carbonyl (C=O) groups excluding carboxylic acids is 1. The summed E-state index contributed by atoms with van der Waals surface area (Å²) < 4.78 is 16.2. The van der Waals surface area contributed by atoms with Crippen LogP contribution in [0.5, 0.6) is 17.2 Å². The van der Waals surface area contributed by atoms with Crippen molar-refractivity contribution in [2.75, 3.05) is 59.5 Å². The summed E-state index contributed by atoms with van der Waals surface area (Å²) in [5, 5.41) is 3.15. The molecule has 2 aromatic rings. The monoisotopic (exact) mass is 439 g/mol. The molecule has 0 spiro atoms. The Morgan fingerprint density at radius 3 is 2.31 bits per heavy atom. The highest BCUT2D eigenvalue weighted by atomic mass is 16.5. The van der Waals surface area contributed by atoms with Gasteiger partial charge in [0.2, 0.25) is 5.75 Å². The first-order valence-corrected chi connectivity index (χ1v) is 11.2. The highest BCUT2D eigenvalue weighted by Crippen LogP contribution is 2.38. The summed E-state index contributed by atoms with van der Waals surface area (Å²) in [7, 11) is 6.79. The van der Waals surface area contributed by atoms with Crippen molar-refractivity contribution in [2.45, 2.75) is 25.3 Å². The van der Waals surface area contributed by atoms with Crippen LogP contribution in [-0.4, -0.2) is 65.4 Å². The van der Waals surface area contributed by atoms with Crippen molar-refractivity contribution in [3.8, 4) is 17.2 Å². The van der Waals surface area contributed by atoms with Crippen molar-refractivity contribution < 1.29 is 19.0 Å². The van der Waals surface area contributed by atoms with Crippen LogP contribution >= 0.6 is 0 Å². The first kappa shape index (κ1) is 22.3. The maximum absolute atomic E-state index is 13.1. The predicted molar refractivity (Wildman–Crippen MR) is 125 cm³/mol. The lowest BCUT2D eigenvalue weighted by molar-refractivity contribution is 0.0937. The fourth-order valence-electron chi connectivity index (χ4n) is 4.81. The van der Waals surface area contributed by atoms with Gasteiger partial charge in [0.15, 0.2) is 11.5 Å². The molecule has 1 N–H and O–H groups in total. The molecule has 4 rings (SSSR count). The van der Waals surface area contributed by atoms with E-state index >= 15 is 0 Å². The Kier molecular flexibility index (Phi) is 6.74. The third-order valence-corrected chi connectivity index (χ3v) is 6.58. The van der Waals surface area contributed by atoms with E-state index in [0.29, 0.717) is 29.4 Å². The summed E-state index contributed by atoms with van der Waals surface area (Å²) in [5.74, 6) is 1.26. The Balaban J connectivity index is 1.55. The van der Waals surface area contributed by atoms with Gasteiger partial charge in [-0.05, 0) is 61.7 Å². The number of benzene rings is 2. The number of rotatable bonds is 8. The van der Waals surface area contributed by atoms with Gasteiger partial charge in [-0.25, -0.2) is 0 Å². The van der Waals surface area contributed by atoms with Crippen molar-refractivity contribution in [3.63, 3.8) is 0 Å². The van der Waals surface area contributed by atoms with Gasteiger partial charge in [-0.2, -0.15) is 0 Å². The molecule has 2 aromatic carbocycles. The van der Waals surface area contributed by atoms with E-state index in [1.165, 1.54) is 29.7 Å². The number of methoxy groups -OCH3 is 3. The van der Waals surface area contributed by atoms with Crippen molar-refractivity contribution in [3.05, 3.63) is 47.0 Å². The smallest absolute Gasteiger partial charge is 0.251 e. The van der Waals surface area contributed by atoms with Gasteiger partial charge in [0.1, 0.15) is 0 Å². The van der Waals surface area contributed by atoms with Crippen molar-refractivity contribution in [1.82, 2.24) is 10.2 Å². The van der Waals surface area contributed by atoms with E-state index in [9.17, 15) is 4.79 Å². The van der Waals surface area contributed by atoms with Crippen molar-refractivity contribution >= 4 is 11.6 Å². The predicted octanol–water partition coefficient (Wildman–Crippen LogP) is 3.27. The number of nitrogens with zero attached hydrogens (tertiary/aromatic N) is 2. The number of likely N-dealkylation sites (N-methyl/N-ethyl adjacent to an activating group) is 1. The molecule has 7 nitrogen and oxygen atoms in total. The van der Waals surface area contributed by atoms with Gasteiger partial charge >= 0.3 is 0 Å². The lowest BCUT2D eigenvalue weighted by atomic mass is 10.0. The molecular weight excluding hydrogens is 406 g/mol. The zero-order chi connectivity index (χ0) is 22.7. The van der Waals surface area contributed by atoms with Crippen LogP contribution in [0.3, 0.4) is 0 Å². The van der Waals surface area contributed by atoms with Gasteiger partial charge < -0.3 is 24.4 Å². The van der Waals surface area contributed by atoms with E-state index in [1.807, 2.05) is 0 Å². The van der Waals surface area contributed by atoms with E-state index in [0.717, 1.165) is 26.1 Å². The second-order valence-electron chi connectivity index (χ2n) is 8.44. The molecule has 172 valence electrons. The van der Waals surface area contributed by atoms with E-state index in [2.05, 4.69) is 40.4 Å². The van der Waals surface area contributed by atoms with Crippen LogP contribution in [0.4, 0.5) is 5.69 Å². The average molecular weight is 440 g/mol. The highest BCUT2D eigenvalue weighted by Gasteiger charge is 2.26. The summed E-state index contributed by atoms with van der Waals surface area (Å²) in [6.45, 7) is 3.72. The fourth-order valence-corrected chi connectivity index (χ4v) is 4.81. The van der Waals surface area contributed by atoms with E-state index in [-0.39, 0.29) is 11.9 Å². The largest absolute Gasteiger partial charge is 0.493 e. The molecule has 1 saturated heterocycles. The first-order valence-electron chi connectivity index (χ1n) is 11.2. The van der Waals surface area contributed by atoms with Crippen LogP contribution in [0.25, 0.3) is 0 Å². The third-order valence-electron chi connectivity index (χ3n) is 6.58. The van der Waals surface area contributed by atoms with E-state index < -0.39 is 0 Å². The number of fused-ring (bicyclic) bond motifs is 1. The number of anilines is 1. The van der Waals surface area contributed by atoms with Gasteiger partial charge in [-0.15, -0.1) is 0 Å². The second kappa shape index (κ2) is 9.69. The van der Waals surface area contributed by atoms with Crippen molar-refractivity contribution in [2.24, 2.45) is 0 Å². The van der Waals surface area contributed by atoms with E-state index in [1.54, 1.807) is 33.5 Å². The normalized spacial score (nSPS) is 16.6. The third kappa shape index (κ3) is 4.35. The maximum Gasteiger partial charge on any atom is 0.251 e. The molecule has 2 aliphatic heterocycles. The Labute approximate surface area is 190 Å². The molecule has 2 aliphatic rings. The number of amides is 1. The van der Waals surface area contributed by atoms with Gasteiger partial charge in [0.25, 0.3) is 5.91 Å². The minimum Gasteiger partial charge on any atom is -0.493 e. The molecule has 1 amide bonds. The summed E-state index contributed by atoms with van der Waals surface area (Å²) in [6.07, 6.45) is 3.47. The molecule has 1 atom stereocenters. The fraction of sp³-hybridized carbons (Fsp3) is 0.480. The molecule has 0 aliphatic carbocycles. The van der Waals surface area contributed by atoms with Crippen molar-refractivity contribution in [1.29, 1.82) is 0 Å². The first-order chi connectivity index (χ1) is 15.5. The topological polar surface area (TPSA) is 63.3 Å². The van der Waals surface area contributed by atoms with E-state index in [4.69, 9.17) is 14.2 Å². The quantitative estimate of drug-likeness (QED) is 0.681. The van der Waals surface area contributed by atoms with Crippen LogP contribution in [0.2, 0.25) is 0 Å². The van der Waals surface area contributed by atoms with Crippen LogP contribution in [0, 0.1) is 0 Å². The maximum atomic E-state index is 13.1. The Hall–Kier alpha value is -2.93. The molecule has 1 fully saturated rings. The zero-order valence-electron chi connectivity index (χ0n) is 19.4. The molecule has 32 heavy (non-hydrogen) atoms. The molecule has 2 heterocycles. The summed E-state index contributed by atoms with van der Waals surface area (Å²) in [4.78, 5) is 17.9. The molecule has 1 unspecified atom stereocenters. The summed E-state index contributed by atoms with van der Waals surface area (Å²) >= 11 is 0. The summed E-state index contributed by atoms with van der Waals surface area (Å²) in [5.41, 5.74) is 4.46. The second-order valence-corrected chi connectivity index (χ2v) is 8.44. The molecule has 7 heteroatoms.